The molecule has 11 heteroatoms. The van der Waals surface area contributed by atoms with Crippen LogP contribution in [0.4, 0.5) is 25.8 Å². The van der Waals surface area contributed by atoms with Crippen LogP contribution in [0, 0.1) is 17.0 Å². The van der Waals surface area contributed by atoms with Gasteiger partial charge in [-0.3, -0.25) is 4.79 Å². The highest BCUT2D eigenvalue weighted by atomic mass is 28.2. The maximum atomic E-state index is 16.1. The maximum Gasteiger partial charge on any atom is 0.241 e. The Bertz CT molecular complexity index is 1800. The van der Waals surface area contributed by atoms with Gasteiger partial charge in [0, 0.05) is 17.9 Å². The molecule has 0 saturated carbocycles. The van der Waals surface area contributed by atoms with Crippen molar-refractivity contribution < 1.29 is 13.6 Å². The van der Waals surface area contributed by atoms with Crippen molar-refractivity contribution in [1.82, 2.24) is 20.6 Å². The van der Waals surface area contributed by atoms with Crippen LogP contribution in [0.3, 0.4) is 0 Å². The van der Waals surface area contributed by atoms with Gasteiger partial charge in [0.25, 0.3) is 0 Å². The molecule has 4 aliphatic rings. The van der Waals surface area contributed by atoms with Crippen LogP contribution in [0.15, 0.2) is 54.6 Å². The van der Waals surface area contributed by atoms with E-state index in [-0.39, 0.29) is 41.2 Å². The molecule has 4 aromatic rings. The number of hydrogen-bond acceptors (Lipinski definition) is 6. The van der Waals surface area contributed by atoms with Crippen LogP contribution in [0.5, 0.6) is 0 Å². The molecule has 0 spiro atoms. The number of aromatic nitrogens is 2. The number of amides is 1. The van der Waals surface area contributed by atoms with E-state index in [4.69, 9.17) is 4.98 Å². The Kier molecular flexibility index (Phi) is 8.70. The number of imidazole rings is 1. The predicted molar refractivity (Wildman–Crippen MR) is 195 cm³/mol. The number of anilines is 3. The van der Waals surface area contributed by atoms with Gasteiger partial charge in [-0.15, -0.1) is 0 Å². The summed E-state index contributed by atoms with van der Waals surface area (Å²) < 4.78 is 34.2. The standard InChI is InChI=1S/C38H47F2N7OSi/c1-38(2)15-18-46(49-22-38)35-27(39)20-26(21-28(35)40)47-33(23-7-10-25(11-8-23)43-37(48)31-6-4-17-42-31)13-14-34(47)24-9-12-29-32(19-24)45-36(44-29)30-5-3-16-41-30/h7-12,19-21,30-31,33-34,41-42H,3-6,13-18,22,49H2,1-2H3,(H,43,48)(H,44,45)/t30-,31-,33-,34-/m0/s1. The molecule has 4 saturated heterocycles. The molecule has 5 heterocycles. The number of hydrogen-bond donors (Lipinski definition) is 4. The van der Waals surface area contributed by atoms with Crippen molar-refractivity contribution in [2.75, 3.05) is 34.4 Å². The van der Waals surface area contributed by atoms with Crippen LogP contribution in [-0.2, 0) is 4.79 Å². The number of aromatic amines is 1. The van der Waals surface area contributed by atoms with Gasteiger partial charge in [0.2, 0.25) is 5.91 Å². The Morgan fingerprint density at radius 2 is 1.63 bits per heavy atom. The summed E-state index contributed by atoms with van der Waals surface area (Å²) >= 11 is 0. The van der Waals surface area contributed by atoms with Crippen molar-refractivity contribution in [1.29, 1.82) is 0 Å². The van der Waals surface area contributed by atoms with Gasteiger partial charge in [0.15, 0.2) is 11.6 Å². The fourth-order valence-electron chi connectivity index (χ4n) is 8.43. The first kappa shape index (κ1) is 32.4. The Labute approximate surface area is 289 Å². The lowest BCUT2D eigenvalue weighted by molar-refractivity contribution is -0.117. The first-order valence-corrected chi connectivity index (χ1v) is 19.8. The first-order valence-electron chi connectivity index (χ1n) is 18.1. The molecule has 0 unspecified atom stereocenters. The molecule has 1 aromatic heterocycles. The van der Waals surface area contributed by atoms with Crippen molar-refractivity contribution in [3.8, 4) is 0 Å². The number of nitrogens with zero attached hydrogens (tertiary/aromatic N) is 3. The van der Waals surface area contributed by atoms with Gasteiger partial charge in [-0.2, -0.15) is 0 Å². The zero-order chi connectivity index (χ0) is 33.7. The number of carbonyl (C=O) groups excluding carboxylic acids is 1. The Morgan fingerprint density at radius 3 is 2.31 bits per heavy atom. The van der Waals surface area contributed by atoms with E-state index >= 15 is 8.78 Å². The summed E-state index contributed by atoms with van der Waals surface area (Å²) in [5.74, 6) is -0.0165. The Morgan fingerprint density at radius 1 is 0.918 bits per heavy atom. The monoisotopic (exact) mass is 683 g/mol. The van der Waals surface area contributed by atoms with Gasteiger partial charge in [-0.1, -0.05) is 32.0 Å². The minimum absolute atomic E-state index is 0.0137. The average Bonchev–Trinajstić information content (AvgIpc) is 3.92. The summed E-state index contributed by atoms with van der Waals surface area (Å²) in [5.41, 5.74) is 5.72. The summed E-state index contributed by atoms with van der Waals surface area (Å²) in [5, 5.41) is 9.82. The highest BCUT2D eigenvalue weighted by Crippen LogP contribution is 2.48. The molecule has 1 amide bonds. The molecular formula is C38H47F2N7OSi. The second-order valence-corrected chi connectivity index (χ2v) is 16.9. The van der Waals surface area contributed by atoms with Gasteiger partial charge in [-0.25, -0.2) is 13.8 Å². The largest absolute Gasteiger partial charge is 0.398 e. The summed E-state index contributed by atoms with van der Waals surface area (Å²) in [6.07, 6.45) is 6.62. The summed E-state index contributed by atoms with van der Waals surface area (Å²) in [6.45, 7) is 7.06. The second-order valence-electron chi connectivity index (χ2n) is 15.2. The topological polar surface area (TPSA) is 88.3 Å². The zero-order valence-corrected chi connectivity index (χ0v) is 29.9. The molecule has 3 aromatic carbocycles. The molecule has 4 aliphatic heterocycles. The van der Waals surface area contributed by atoms with Gasteiger partial charge < -0.3 is 30.4 Å². The van der Waals surface area contributed by atoms with Crippen LogP contribution in [0.25, 0.3) is 11.0 Å². The van der Waals surface area contributed by atoms with E-state index in [0.717, 1.165) is 97.8 Å². The molecule has 4 fully saturated rings. The van der Waals surface area contributed by atoms with Gasteiger partial charge in [0.05, 0.1) is 35.2 Å². The van der Waals surface area contributed by atoms with Gasteiger partial charge in [0.1, 0.15) is 21.2 Å². The van der Waals surface area contributed by atoms with Crippen molar-refractivity contribution >= 4 is 43.7 Å². The number of H-pyrrole nitrogens is 1. The second kappa shape index (κ2) is 13.1. The van der Waals surface area contributed by atoms with Crippen molar-refractivity contribution in [2.45, 2.75) is 89.0 Å². The number of carbonyl (C=O) groups is 1. The predicted octanol–water partition coefficient (Wildman–Crippen LogP) is 6.78. The molecule has 49 heavy (non-hydrogen) atoms. The smallest absolute Gasteiger partial charge is 0.241 e. The fourth-order valence-corrected chi connectivity index (χ4v) is 10.5. The minimum atomic E-state index is -0.806. The quantitative estimate of drug-likeness (QED) is 0.161. The highest BCUT2D eigenvalue weighted by molar-refractivity contribution is 6.42. The van der Waals surface area contributed by atoms with E-state index in [9.17, 15) is 4.79 Å². The minimum Gasteiger partial charge on any atom is -0.398 e. The van der Waals surface area contributed by atoms with E-state index in [1.807, 2.05) is 28.8 Å². The Balaban J connectivity index is 1.12. The van der Waals surface area contributed by atoms with Crippen LogP contribution in [0.1, 0.15) is 93.9 Å². The third-order valence-corrected chi connectivity index (χ3v) is 14.1. The van der Waals surface area contributed by atoms with E-state index in [0.29, 0.717) is 12.2 Å². The first-order chi connectivity index (χ1) is 23.7. The number of fused-ring (bicyclic) bond motifs is 1. The van der Waals surface area contributed by atoms with Crippen LogP contribution < -0.4 is 25.4 Å². The zero-order valence-electron chi connectivity index (χ0n) is 28.5. The van der Waals surface area contributed by atoms with E-state index in [2.05, 4.69) is 57.9 Å². The van der Waals surface area contributed by atoms with E-state index in [1.165, 1.54) is 0 Å². The summed E-state index contributed by atoms with van der Waals surface area (Å²) in [4.78, 5) is 23.4. The van der Waals surface area contributed by atoms with Crippen LogP contribution in [0.2, 0.25) is 6.04 Å². The number of rotatable bonds is 7. The average molecular weight is 684 g/mol. The van der Waals surface area contributed by atoms with E-state index < -0.39 is 21.3 Å². The number of nitrogens with one attached hydrogen (secondary N) is 4. The molecule has 8 nitrogen and oxygen atoms in total. The van der Waals surface area contributed by atoms with Crippen molar-refractivity contribution in [3.63, 3.8) is 0 Å². The third kappa shape index (κ3) is 6.48. The molecule has 8 rings (SSSR count). The normalized spacial score (nSPS) is 25.9. The molecular weight excluding hydrogens is 637 g/mol. The lowest BCUT2D eigenvalue weighted by Gasteiger charge is -2.39. The van der Waals surface area contributed by atoms with Crippen LogP contribution >= 0.6 is 0 Å². The van der Waals surface area contributed by atoms with Crippen molar-refractivity contribution in [2.24, 2.45) is 5.41 Å². The van der Waals surface area contributed by atoms with E-state index in [1.54, 1.807) is 12.1 Å². The van der Waals surface area contributed by atoms with Gasteiger partial charge >= 0.3 is 0 Å². The van der Waals surface area contributed by atoms with Crippen LogP contribution in [-0.4, -0.2) is 51.2 Å². The molecule has 0 aliphatic carbocycles. The lowest BCUT2D eigenvalue weighted by atomic mass is 9.91. The molecule has 4 N–H and O–H groups in total. The lowest BCUT2D eigenvalue weighted by Crippen LogP contribution is -2.40. The fraction of sp³-hybridized carbons (Fsp3) is 0.474. The molecule has 0 radical (unpaired) electrons. The van der Waals surface area contributed by atoms with Gasteiger partial charge in [-0.05, 0) is 117 Å². The summed E-state index contributed by atoms with van der Waals surface area (Å²) in [7, 11) is -0.806. The Hall–Kier alpha value is -3.80. The molecule has 258 valence electrons. The van der Waals surface area contributed by atoms with Crippen molar-refractivity contribution in [3.05, 3.63) is 83.2 Å². The number of benzene rings is 3. The third-order valence-electron chi connectivity index (χ3n) is 11.4. The summed E-state index contributed by atoms with van der Waals surface area (Å²) in [6, 6.07) is 18.3. The highest BCUT2D eigenvalue weighted by Gasteiger charge is 2.37. The SMILES string of the molecule is CC1(C)CCN(c2c(F)cc(N3[C@H](c4ccc(NC(=O)[C@@H]5CCCN5)cc4)CC[C@H]3c3ccc4nc([C@@H]5CCCN5)[nH]c4c3)cc2F)[SiH2]C1. The maximum absolute atomic E-state index is 16.1. The molecule has 0 bridgehead atoms. The number of halogens is 2. The molecule has 4 atom stereocenters.